The molecule has 0 aliphatic carbocycles. The van der Waals surface area contributed by atoms with Crippen LogP contribution in [0.2, 0.25) is 14.8 Å². The van der Waals surface area contributed by atoms with Gasteiger partial charge in [0.2, 0.25) is 0 Å². The van der Waals surface area contributed by atoms with Gasteiger partial charge in [-0.1, -0.05) is 371 Å². The van der Waals surface area contributed by atoms with Crippen molar-refractivity contribution in [2.24, 2.45) is 23.7 Å². The number of aromatic nitrogens is 4. The van der Waals surface area contributed by atoms with E-state index in [1.165, 1.54) is 415 Å². The van der Waals surface area contributed by atoms with Gasteiger partial charge in [-0.25, -0.2) is 17.6 Å². The van der Waals surface area contributed by atoms with E-state index in [2.05, 4.69) is 227 Å². The van der Waals surface area contributed by atoms with Gasteiger partial charge in [0.25, 0.3) is 0 Å². The second-order valence-electron chi connectivity index (χ2n) is 40.4. The Morgan fingerprint density at radius 2 is 0.549 bits per heavy atom. The van der Waals surface area contributed by atoms with Crippen LogP contribution in [0.1, 0.15) is 408 Å². The third-order valence-electron chi connectivity index (χ3n) is 27.6. The molecule has 4 unspecified atom stereocenters. The summed E-state index contributed by atoms with van der Waals surface area (Å²) >= 11 is 30.9. The summed E-state index contributed by atoms with van der Waals surface area (Å²) in [5.74, 6) is -0.865. The molecular formula is C115H166Br2F4N4S18Sn. The van der Waals surface area contributed by atoms with Crippen LogP contribution in [0.25, 0.3) is 93.1 Å². The molecule has 0 radical (unpaired) electrons. The molecule has 144 heavy (non-hydrogen) atoms. The maximum absolute atomic E-state index is 17.2. The fourth-order valence-electron chi connectivity index (χ4n) is 19.5. The third kappa shape index (κ3) is 42.8. The predicted octanol–water partition coefficient (Wildman–Crippen LogP) is 44.9. The van der Waals surface area contributed by atoms with Crippen molar-refractivity contribution in [2.75, 3.05) is 0 Å². The predicted molar refractivity (Wildman–Crippen MR) is 676 cm³/mol. The first-order valence-corrected chi connectivity index (χ1v) is 83.0. The SMILES string of the molecule is C.CCCCCCCCC(CCCCCC)Cc1cc(-c2c(F)c(F)c(-c3cc(CC(CCCCCC)CCCCCCCC)c(-c4ccc(-c5ccc(C)s5)s4)s3)c3nsnc23)sc1C.CCCCCCCCC(CCCCCC)Cc1cc(-c2c(F)c(F)c(-c3cc(CC(CCCCCC)CCCCCCCC)c(Br)s3)c3nsnc23)sc1Br.Cc1ccc(-c2cc[c]([Sn]([CH3])([CH3])[CH3])s2)s1.S=S=S=S=S=S=S=S. The van der Waals surface area contributed by atoms with E-state index in [0.717, 1.165) is 76.2 Å². The van der Waals surface area contributed by atoms with Crippen LogP contribution in [0.5, 0.6) is 0 Å². The molecule has 800 valence electrons. The van der Waals surface area contributed by atoms with Crippen LogP contribution >= 0.6 is 146 Å². The molecule has 0 aliphatic heterocycles. The maximum atomic E-state index is 17.2. The molecule has 12 aromatic rings. The molecule has 10 heterocycles. The number of thiophene rings is 8. The van der Waals surface area contributed by atoms with Crippen molar-refractivity contribution in [3.8, 4) is 71.0 Å². The standard InChI is InChI=1S/C56H78F2N2S5.C46H68Br2F2N2S3.C9H7S2.CH4.3CH3.S8.Sn/c1-7-11-15-19-21-25-29-41(27-23-17-13-9-3)35-43-37-48(62-40(43)6)50-52(57)53(58)51(55-54(50)59-65-60-55)49-38-44(36-42(28-24-18-14-10-4)30-26-22-20-16-12-8-2)56(64-49)47-34-33-46(63-47)45-32-31-39(5)61-45;1-5-9-13-17-19-23-27-33(25-21-15-11-7-3)29-35-31-37(53-45(35)47)39-41(49)42(50)40(44-43(39)51-55-52-44)38-32-36(46(48)54-38)30-34(26-22-16-12-8-4)28-24-20-18-14-10-6-2;1-7-4-5-9(11-7)8-3-2-6-10-8;;;;;1-3-5-7-8-6-4-2;/h31-34,37-38,41-42H,7-30,35-36H2,1-6H3;31-34H,5-30H2,1-4H3;2-5H,1H3;1H4;3*1H3;;. The largest absolute Gasteiger partial charge is 0 e. The summed E-state index contributed by atoms with van der Waals surface area (Å²) in [5.41, 5.74) is 7.88. The Bertz CT molecular complexity index is 5790. The average Bonchev–Trinajstić information content (AvgIpc) is 1.57. The number of fused-ring (bicyclic) bond motifs is 2. The minimum absolute atomic E-state index is 0. The van der Waals surface area contributed by atoms with Gasteiger partial charge in [-0.05, 0) is 166 Å². The minimum Gasteiger partial charge on any atom is 0 e. The second-order valence-corrected chi connectivity index (χ2v) is 79.2. The van der Waals surface area contributed by atoms with Crippen LogP contribution in [0.3, 0.4) is 0 Å². The molecule has 0 N–H and O–H groups in total. The van der Waals surface area contributed by atoms with Crippen molar-refractivity contribution < 1.29 is 17.6 Å². The fourth-order valence-corrected chi connectivity index (χ4v) is 46.7. The van der Waals surface area contributed by atoms with Gasteiger partial charge in [0.05, 0.1) is 53.3 Å². The van der Waals surface area contributed by atoms with E-state index in [1.807, 2.05) is 45.3 Å². The van der Waals surface area contributed by atoms with Crippen LogP contribution in [0.4, 0.5) is 17.6 Å². The zero-order chi connectivity index (χ0) is 103. The normalized spacial score (nSPS) is 12.4. The molecule has 0 aliphatic rings. The van der Waals surface area contributed by atoms with Crippen molar-refractivity contribution in [1.82, 2.24) is 17.5 Å². The zero-order valence-corrected chi connectivity index (χ0v) is 109. The molecular weight excluding hydrogens is 2370 g/mol. The van der Waals surface area contributed by atoms with Crippen molar-refractivity contribution in [1.29, 1.82) is 0 Å². The first-order chi connectivity index (χ1) is 69.5. The molecule has 0 saturated heterocycles. The zero-order valence-electron chi connectivity index (χ0n) is 87.9. The molecule has 12 rings (SSSR count). The van der Waals surface area contributed by atoms with Gasteiger partial charge in [0.1, 0.15) is 22.1 Å². The summed E-state index contributed by atoms with van der Waals surface area (Å²) in [6, 6.07) is 26.5. The van der Waals surface area contributed by atoms with Crippen LogP contribution in [-0.2, 0) is 101 Å². The molecule has 0 amide bonds. The Hall–Kier alpha value is -1.08. The van der Waals surface area contributed by atoms with Gasteiger partial charge in [-0.3, -0.25) is 0 Å². The van der Waals surface area contributed by atoms with Crippen LogP contribution in [0.15, 0.2) is 80.4 Å². The second kappa shape index (κ2) is 72.7. The monoisotopic (exact) mass is 2530 g/mol. The molecule has 0 fully saturated rings. The van der Waals surface area contributed by atoms with Crippen LogP contribution in [0, 0.1) is 67.7 Å². The Morgan fingerprint density at radius 1 is 0.292 bits per heavy atom. The number of benzene rings is 2. The van der Waals surface area contributed by atoms with Crippen molar-refractivity contribution in [2.45, 2.75) is 432 Å². The number of hydrogen-bond acceptors (Lipinski definition) is 16. The van der Waals surface area contributed by atoms with Gasteiger partial charge in [-0.2, -0.15) is 17.5 Å². The Kier molecular flexibility index (Phi) is 64.6. The van der Waals surface area contributed by atoms with Gasteiger partial charge >= 0.3 is 105 Å². The fraction of sp³-hybridized carbons (Fsp3) is 0.617. The Labute approximate surface area is 955 Å². The van der Waals surface area contributed by atoms with E-state index in [0.29, 0.717) is 45.7 Å². The number of aryl methyl sites for hydroxylation is 3. The number of halogens is 6. The van der Waals surface area contributed by atoms with E-state index < -0.39 is 41.6 Å². The molecule has 2 aromatic carbocycles. The summed E-state index contributed by atoms with van der Waals surface area (Å²) in [6.07, 6.45) is 65.2. The quantitative estimate of drug-likeness (QED) is 0.0215. The van der Waals surface area contributed by atoms with Crippen molar-refractivity contribution >= 4 is 265 Å². The molecule has 4 nitrogen and oxygen atoms in total. The molecule has 0 spiro atoms. The van der Waals surface area contributed by atoms with Gasteiger partial charge in [0.15, 0.2) is 23.3 Å². The van der Waals surface area contributed by atoms with E-state index in [4.69, 9.17) is 8.75 Å². The van der Waals surface area contributed by atoms with Crippen LogP contribution in [-0.4, -0.2) is 35.9 Å². The number of hydrogen-bond donors (Lipinski definition) is 0. The Balaban J connectivity index is 0.000000287. The smallest absolute Gasteiger partial charge is 0 e. The van der Waals surface area contributed by atoms with Crippen molar-refractivity contribution in [3.05, 3.63) is 141 Å². The van der Waals surface area contributed by atoms with Gasteiger partial charge < -0.3 is 0 Å². The van der Waals surface area contributed by atoms with E-state index in [9.17, 15) is 0 Å². The van der Waals surface area contributed by atoms with Gasteiger partial charge in [-0.15, -0.1) is 68.0 Å². The molecule has 29 heteroatoms. The van der Waals surface area contributed by atoms with E-state index in [1.54, 1.807) is 61.1 Å². The summed E-state index contributed by atoms with van der Waals surface area (Å²) in [7, 11) is 9.12. The first-order valence-electron chi connectivity index (χ1n) is 54.1. The number of rotatable bonds is 64. The maximum Gasteiger partial charge on any atom is 0 e. The molecule has 4 atom stereocenters. The first kappa shape index (κ1) is 128. The summed E-state index contributed by atoms with van der Waals surface area (Å²) in [6.45, 7) is 24.7. The summed E-state index contributed by atoms with van der Waals surface area (Å²) in [5, 5.41) is 0. The minimum atomic E-state index is -1.83. The molecule has 0 saturated carbocycles. The van der Waals surface area contributed by atoms with Crippen LogP contribution < -0.4 is 2.89 Å². The van der Waals surface area contributed by atoms with Gasteiger partial charge in [0, 0.05) is 124 Å². The number of nitrogens with zero attached hydrogens (tertiary/aromatic N) is 4. The summed E-state index contributed by atoms with van der Waals surface area (Å²) in [4.78, 5) is 22.1. The molecule has 10 aromatic heterocycles. The molecule has 0 bridgehead atoms. The topological polar surface area (TPSA) is 51.6 Å². The van der Waals surface area contributed by atoms with Crippen molar-refractivity contribution in [3.63, 3.8) is 0 Å². The third-order valence-corrected chi connectivity index (χ3v) is 60.2. The average molecular weight is 2540 g/mol. The number of unbranched alkanes of at least 4 members (excludes halogenated alkanes) is 32. The Morgan fingerprint density at radius 3 is 0.861 bits per heavy atom. The van der Waals surface area contributed by atoms with E-state index in [-0.39, 0.29) is 29.7 Å². The summed E-state index contributed by atoms with van der Waals surface area (Å²) < 4.78 is 89.6. The van der Waals surface area contributed by atoms with E-state index >= 15 is 17.6 Å².